The van der Waals surface area contributed by atoms with Crippen LogP contribution in [0.3, 0.4) is 0 Å². The zero-order chi connectivity index (χ0) is 20.9. The number of rotatable bonds is 5. The van der Waals surface area contributed by atoms with Gasteiger partial charge in [0.25, 0.3) is 11.8 Å². The van der Waals surface area contributed by atoms with Crippen molar-refractivity contribution in [1.29, 1.82) is 0 Å². The van der Waals surface area contributed by atoms with Crippen LogP contribution in [0.2, 0.25) is 0 Å². The third kappa shape index (κ3) is 4.22. The van der Waals surface area contributed by atoms with E-state index in [2.05, 4.69) is 26.2 Å². The van der Waals surface area contributed by atoms with Gasteiger partial charge < -0.3 is 10.6 Å². The van der Waals surface area contributed by atoms with Crippen LogP contribution in [0, 0.1) is 6.92 Å². The standard InChI is InChI=1S/C22H18N6O2/c1-15-7-8-17(13-20(15)25-21(29)16-5-3-2-4-6-16)22(30)24-18-9-11-19(12-10-18)28-14-23-26-27-28/h2-14H,1H3,(H,24,30)(H,25,29). The van der Waals surface area contributed by atoms with Crippen LogP contribution in [-0.4, -0.2) is 32.0 Å². The minimum Gasteiger partial charge on any atom is -0.322 e. The van der Waals surface area contributed by atoms with Gasteiger partial charge in [-0.3, -0.25) is 9.59 Å². The highest BCUT2D eigenvalue weighted by Crippen LogP contribution is 2.20. The summed E-state index contributed by atoms with van der Waals surface area (Å²) in [4.78, 5) is 25.1. The highest BCUT2D eigenvalue weighted by atomic mass is 16.2. The van der Waals surface area contributed by atoms with Gasteiger partial charge in [0.2, 0.25) is 0 Å². The van der Waals surface area contributed by atoms with Crippen LogP contribution in [0.25, 0.3) is 5.69 Å². The third-order valence-corrected chi connectivity index (χ3v) is 4.52. The second kappa shape index (κ2) is 8.36. The van der Waals surface area contributed by atoms with Crippen LogP contribution >= 0.6 is 0 Å². The molecule has 4 rings (SSSR count). The van der Waals surface area contributed by atoms with E-state index in [4.69, 9.17) is 0 Å². The average molecular weight is 398 g/mol. The Morgan fingerprint density at radius 3 is 2.27 bits per heavy atom. The number of nitrogens with one attached hydrogen (secondary N) is 2. The van der Waals surface area contributed by atoms with Crippen molar-refractivity contribution in [1.82, 2.24) is 20.2 Å². The van der Waals surface area contributed by atoms with E-state index in [0.717, 1.165) is 11.3 Å². The van der Waals surface area contributed by atoms with Crippen LogP contribution < -0.4 is 10.6 Å². The van der Waals surface area contributed by atoms with Crippen molar-refractivity contribution in [2.75, 3.05) is 10.6 Å². The molecule has 0 aliphatic heterocycles. The number of aryl methyl sites for hydroxylation is 1. The van der Waals surface area contributed by atoms with Gasteiger partial charge in [-0.2, -0.15) is 0 Å². The Kier molecular flexibility index (Phi) is 5.29. The predicted octanol–water partition coefficient (Wildman–Crippen LogP) is 3.48. The molecule has 1 heterocycles. The number of anilines is 2. The molecule has 0 bridgehead atoms. The largest absolute Gasteiger partial charge is 0.322 e. The molecule has 4 aromatic rings. The third-order valence-electron chi connectivity index (χ3n) is 4.52. The van der Waals surface area contributed by atoms with Crippen LogP contribution in [0.1, 0.15) is 26.3 Å². The van der Waals surface area contributed by atoms with E-state index in [9.17, 15) is 9.59 Å². The molecule has 30 heavy (non-hydrogen) atoms. The fourth-order valence-electron chi connectivity index (χ4n) is 2.86. The van der Waals surface area contributed by atoms with E-state index in [1.54, 1.807) is 66.7 Å². The quantitative estimate of drug-likeness (QED) is 0.536. The summed E-state index contributed by atoms with van der Waals surface area (Å²) < 4.78 is 1.52. The lowest BCUT2D eigenvalue weighted by Gasteiger charge is -2.11. The van der Waals surface area contributed by atoms with Crippen molar-refractivity contribution in [3.05, 3.63) is 95.8 Å². The lowest BCUT2D eigenvalue weighted by molar-refractivity contribution is 0.101. The molecule has 0 aliphatic rings. The van der Waals surface area contributed by atoms with Crippen molar-refractivity contribution < 1.29 is 9.59 Å². The smallest absolute Gasteiger partial charge is 0.255 e. The summed E-state index contributed by atoms with van der Waals surface area (Å²) in [7, 11) is 0. The van der Waals surface area contributed by atoms with Gasteiger partial charge in [-0.15, -0.1) is 5.10 Å². The first-order chi connectivity index (χ1) is 14.6. The van der Waals surface area contributed by atoms with Crippen LogP contribution in [-0.2, 0) is 0 Å². The minimum absolute atomic E-state index is 0.227. The molecule has 8 nitrogen and oxygen atoms in total. The normalized spacial score (nSPS) is 10.4. The molecular weight excluding hydrogens is 380 g/mol. The Balaban J connectivity index is 1.48. The zero-order valence-corrected chi connectivity index (χ0v) is 16.1. The summed E-state index contributed by atoms with van der Waals surface area (Å²) in [6.45, 7) is 1.88. The topological polar surface area (TPSA) is 102 Å². The highest BCUT2D eigenvalue weighted by Gasteiger charge is 2.12. The summed E-state index contributed by atoms with van der Waals surface area (Å²) in [5.74, 6) is -0.505. The number of tetrazole rings is 1. The zero-order valence-electron chi connectivity index (χ0n) is 16.1. The number of carbonyl (C=O) groups is 2. The molecule has 0 saturated carbocycles. The molecule has 0 radical (unpaired) electrons. The van der Waals surface area contributed by atoms with Gasteiger partial charge in [0.1, 0.15) is 6.33 Å². The maximum atomic E-state index is 12.7. The summed E-state index contributed by atoms with van der Waals surface area (Å²) in [6.07, 6.45) is 1.49. The molecule has 1 aromatic heterocycles. The molecule has 0 aliphatic carbocycles. The number of hydrogen-bond acceptors (Lipinski definition) is 5. The fourth-order valence-corrected chi connectivity index (χ4v) is 2.86. The molecule has 0 atom stereocenters. The first-order valence-electron chi connectivity index (χ1n) is 9.22. The lowest BCUT2D eigenvalue weighted by Crippen LogP contribution is -2.15. The van der Waals surface area contributed by atoms with E-state index < -0.39 is 0 Å². The Bertz CT molecular complexity index is 1170. The molecule has 0 saturated heterocycles. The Labute approximate surface area is 172 Å². The molecule has 8 heteroatoms. The average Bonchev–Trinajstić information content (AvgIpc) is 3.31. The van der Waals surface area contributed by atoms with Crippen molar-refractivity contribution in [2.45, 2.75) is 6.92 Å². The highest BCUT2D eigenvalue weighted by molar-refractivity contribution is 6.07. The molecule has 0 unspecified atom stereocenters. The SMILES string of the molecule is Cc1ccc(C(=O)Nc2ccc(-n3cnnn3)cc2)cc1NC(=O)c1ccccc1. The second-order valence-corrected chi connectivity index (χ2v) is 6.61. The molecule has 0 spiro atoms. The van der Waals surface area contributed by atoms with Gasteiger partial charge in [-0.05, 0) is 71.4 Å². The number of aromatic nitrogens is 4. The number of amides is 2. The molecule has 0 fully saturated rings. The van der Waals surface area contributed by atoms with Gasteiger partial charge in [0.15, 0.2) is 0 Å². The number of benzene rings is 3. The van der Waals surface area contributed by atoms with E-state index in [1.807, 2.05) is 13.0 Å². The Hall–Kier alpha value is -4.33. The van der Waals surface area contributed by atoms with Crippen molar-refractivity contribution in [2.24, 2.45) is 0 Å². The van der Waals surface area contributed by atoms with E-state index in [-0.39, 0.29) is 11.8 Å². The summed E-state index contributed by atoms with van der Waals surface area (Å²) in [5.41, 5.74) is 3.85. The summed E-state index contributed by atoms with van der Waals surface area (Å²) in [6, 6.07) is 21.2. The maximum absolute atomic E-state index is 12.7. The van der Waals surface area contributed by atoms with Gasteiger partial charge in [0, 0.05) is 22.5 Å². The Morgan fingerprint density at radius 2 is 1.57 bits per heavy atom. The van der Waals surface area contributed by atoms with Gasteiger partial charge in [-0.25, -0.2) is 4.68 Å². The monoisotopic (exact) mass is 398 g/mol. The van der Waals surface area contributed by atoms with E-state index >= 15 is 0 Å². The molecule has 148 valence electrons. The van der Waals surface area contributed by atoms with E-state index in [1.165, 1.54) is 11.0 Å². The summed E-state index contributed by atoms with van der Waals surface area (Å²) in [5, 5.41) is 16.7. The first kappa shape index (κ1) is 19.0. The number of hydrogen-bond donors (Lipinski definition) is 2. The molecule has 3 aromatic carbocycles. The minimum atomic E-state index is -0.277. The van der Waals surface area contributed by atoms with Crippen molar-refractivity contribution in [3.63, 3.8) is 0 Å². The maximum Gasteiger partial charge on any atom is 0.255 e. The second-order valence-electron chi connectivity index (χ2n) is 6.61. The predicted molar refractivity (Wildman–Crippen MR) is 113 cm³/mol. The summed E-state index contributed by atoms with van der Waals surface area (Å²) >= 11 is 0. The Morgan fingerprint density at radius 1 is 0.833 bits per heavy atom. The van der Waals surface area contributed by atoms with Crippen molar-refractivity contribution >= 4 is 23.2 Å². The van der Waals surface area contributed by atoms with Gasteiger partial charge >= 0.3 is 0 Å². The van der Waals surface area contributed by atoms with Crippen LogP contribution in [0.15, 0.2) is 79.1 Å². The van der Waals surface area contributed by atoms with Crippen molar-refractivity contribution in [3.8, 4) is 5.69 Å². The van der Waals surface area contributed by atoms with Crippen LogP contribution in [0.5, 0.6) is 0 Å². The van der Waals surface area contributed by atoms with Gasteiger partial charge in [-0.1, -0.05) is 24.3 Å². The van der Waals surface area contributed by atoms with Crippen LogP contribution in [0.4, 0.5) is 11.4 Å². The molecular formula is C22H18N6O2. The number of nitrogens with zero attached hydrogens (tertiary/aromatic N) is 4. The number of carbonyl (C=O) groups excluding carboxylic acids is 2. The van der Waals surface area contributed by atoms with Gasteiger partial charge in [0.05, 0.1) is 5.69 Å². The molecule has 2 N–H and O–H groups in total. The van der Waals surface area contributed by atoms with E-state index in [0.29, 0.717) is 22.5 Å². The molecule has 2 amide bonds. The fraction of sp³-hybridized carbons (Fsp3) is 0.0455. The first-order valence-corrected chi connectivity index (χ1v) is 9.22. The lowest BCUT2D eigenvalue weighted by atomic mass is 10.1.